The number of esters is 1. The molecule has 1 aliphatic carbocycles. The average Bonchev–Trinajstić information content (AvgIpc) is 3.12. The topological polar surface area (TPSA) is 41.6 Å². The van der Waals surface area contributed by atoms with Gasteiger partial charge in [-0.2, -0.15) is 0 Å². The second kappa shape index (κ2) is 7.67. The maximum atomic E-state index is 11.6. The molecule has 4 nitrogen and oxygen atoms in total. The van der Waals surface area contributed by atoms with Gasteiger partial charge in [-0.1, -0.05) is 6.92 Å². The van der Waals surface area contributed by atoms with Crippen molar-refractivity contribution in [2.45, 2.75) is 39.2 Å². The highest BCUT2D eigenvalue weighted by Crippen LogP contribution is 2.29. The van der Waals surface area contributed by atoms with Gasteiger partial charge in [0.1, 0.15) is 6.04 Å². The summed E-state index contributed by atoms with van der Waals surface area (Å²) in [5.74, 6) is 0.781. The van der Waals surface area contributed by atoms with Crippen molar-refractivity contribution in [2.24, 2.45) is 5.92 Å². The Morgan fingerprint density at radius 2 is 2.18 bits per heavy atom. The molecule has 0 amide bonds. The van der Waals surface area contributed by atoms with E-state index < -0.39 is 0 Å². The van der Waals surface area contributed by atoms with Crippen molar-refractivity contribution in [3.05, 3.63) is 0 Å². The van der Waals surface area contributed by atoms with E-state index in [0.29, 0.717) is 6.61 Å². The second-order valence-electron chi connectivity index (χ2n) is 4.72. The number of nitrogens with zero attached hydrogens (tertiary/aromatic N) is 1. The van der Waals surface area contributed by atoms with Gasteiger partial charge < -0.3 is 15.0 Å². The summed E-state index contributed by atoms with van der Waals surface area (Å²) in [4.78, 5) is 14.0. The van der Waals surface area contributed by atoms with E-state index in [1.165, 1.54) is 19.4 Å². The molecule has 0 aromatic heterocycles. The third-order valence-corrected chi connectivity index (χ3v) is 3.31. The lowest BCUT2D eigenvalue weighted by molar-refractivity contribution is -0.145. The molecule has 1 unspecified atom stereocenters. The fourth-order valence-electron chi connectivity index (χ4n) is 1.98. The van der Waals surface area contributed by atoms with Crippen LogP contribution < -0.4 is 5.32 Å². The maximum absolute atomic E-state index is 11.6. The third kappa shape index (κ3) is 5.50. The van der Waals surface area contributed by atoms with Crippen molar-refractivity contribution in [1.29, 1.82) is 0 Å². The summed E-state index contributed by atoms with van der Waals surface area (Å²) >= 11 is 0. The van der Waals surface area contributed by atoms with Gasteiger partial charge in [-0.15, -0.1) is 0 Å². The van der Waals surface area contributed by atoms with Crippen LogP contribution in [0.5, 0.6) is 0 Å². The first kappa shape index (κ1) is 14.5. The molecule has 1 fully saturated rings. The van der Waals surface area contributed by atoms with E-state index in [9.17, 15) is 4.79 Å². The van der Waals surface area contributed by atoms with E-state index in [4.69, 9.17) is 4.74 Å². The molecular formula is C13H26N2O2. The first-order chi connectivity index (χ1) is 8.21. The molecule has 0 radical (unpaired) electrons. The van der Waals surface area contributed by atoms with Crippen LogP contribution in [0.25, 0.3) is 0 Å². The summed E-state index contributed by atoms with van der Waals surface area (Å²) in [6.07, 6.45) is 3.59. The van der Waals surface area contributed by atoms with Crippen molar-refractivity contribution in [1.82, 2.24) is 10.2 Å². The van der Waals surface area contributed by atoms with Crippen LogP contribution in [-0.2, 0) is 9.53 Å². The molecule has 0 saturated heterocycles. The van der Waals surface area contributed by atoms with Crippen LogP contribution in [0.3, 0.4) is 0 Å². The number of nitrogens with one attached hydrogen (secondary N) is 1. The molecule has 4 heteroatoms. The van der Waals surface area contributed by atoms with Crippen molar-refractivity contribution >= 4 is 5.97 Å². The zero-order valence-corrected chi connectivity index (χ0v) is 11.4. The predicted octanol–water partition coefficient (Wildman–Crippen LogP) is 1.26. The Labute approximate surface area is 105 Å². The maximum Gasteiger partial charge on any atom is 0.323 e. The molecule has 1 rings (SSSR count). The molecule has 100 valence electrons. The van der Waals surface area contributed by atoms with Gasteiger partial charge in [-0.3, -0.25) is 4.79 Å². The Morgan fingerprint density at radius 1 is 1.47 bits per heavy atom. The van der Waals surface area contributed by atoms with Crippen molar-refractivity contribution < 1.29 is 9.53 Å². The van der Waals surface area contributed by atoms with Gasteiger partial charge in [0.05, 0.1) is 6.61 Å². The smallest absolute Gasteiger partial charge is 0.323 e. The molecule has 0 aromatic rings. The van der Waals surface area contributed by atoms with Crippen molar-refractivity contribution in [2.75, 3.05) is 33.3 Å². The molecular weight excluding hydrogens is 216 g/mol. The minimum atomic E-state index is -0.164. The van der Waals surface area contributed by atoms with Gasteiger partial charge >= 0.3 is 5.97 Å². The van der Waals surface area contributed by atoms with E-state index in [0.717, 1.165) is 25.4 Å². The van der Waals surface area contributed by atoms with Crippen LogP contribution >= 0.6 is 0 Å². The molecule has 1 atom stereocenters. The third-order valence-electron chi connectivity index (χ3n) is 3.31. The van der Waals surface area contributed by atoms with Crippen LogP contribution in [0.15, 0.2) is 0 Å². The van der Waals surface area contributed by atoms with Gasteiger partial charge in [0, 0.05) is 13.1 Å². The van der Waals surface area contributed by atoms with E-state index >= 15 is 0 Å². The molecule has 0 bridgehead atoms. The molecule has 17 heavy (non-hydrogen) atoms. The standard InChI is InChI=1S/C13H26N2O2/c1-4-15(10-11-6-7-11)9-8-12(14-3)13(16)17-5-2/h11-12,14H,4-10H2,1-3H3. The van der Waals surface area contributed by atoms with E-state index in [1.807, 2.05) is 14.0 Å². The van der Waals surface area contributed by atoms with E-state index in [-0.39, 0.29) is 12.0 Å². The highest BCUT2D eigenvalue weighted by molar-refractivity contribution is 5.75. The lowest BCUT2D eigenvalue weighted by Crippen LogP contribution is -2.39. The summed E-state index contributed by atoms with van der Waals surface area (Å²) in [7, 11) is 1.82. The monoisotopic (exact) mass is 242 g/mol. The number of hydrogen-bond acceptors (Lipinski definition) is 4. The Bertz CT molecular complexity index is 229. The number of carbonyl (C=O) groups excluding carboxylic acids is 1. The Morgan fingerprint density at radius 3 is 2.65 bits per heavy atom. The quantitative estimate of drug-likeness (QED) is 0.618. The highest BCUT2D eigenvalue weighted by Gasteiger charge is 2.24. The number of ether oxygens (including phenoxy) is 1. The van der Waals surface area contributed by atoms with Crippen LogP contribution in [0.2, 0.25) is 0 Å². The Balaban J connectivity index is 2.26. The zero-order chi connectivity index (χ0) is 12.7. The zero-order valence-electron chi connectivity index (χ0n) is 11.4. The largest absolute Gasteiger partial charge is 0.465 e. The average molecular weight is 242 g/mol. The molecule has 0 aromatic carbocycles. The van der Waals surface area contributed by atoms with Crippen LogP contribution in [0.1, 0.15) is 33.1 Å². The van der Waals surface area contributed by atoms with Gasteiger partial charge in [-0.25, -0.2) is 0 Å². The van der Waals surface area contributed by atoms with Gasteiger partial charge in [-0.05, 0) is 45.7 Å². The lowest BCUT2D eigenvalue weighted by atomic mass is 10.2. The SMILES string of the molecule is CCOC(=O)C(CCN(CC)CC1CC1)NC. The normalized spacial score (nSPS) is 17.2. The fraction of sp³-hybridized carbons (Fsp3) is 0.923. The predicted molar refractivity (Wildman–Crippen MR) is 68.9 cm³/mol. The van der Waals surface area contributed by atoms with Crippen molar-refractivity contribution in [3.8, 4) is 0 Å². The first-order valence-corrected chi connectivity index (χ1v) is 6.77. The summed E-state index contributed by atoms with van der Waals surface area (Å²) < 4.78 is 5.03. The highest BCUT2D eigenvalue weighted by atomic mass is 16.5. The summed E-state index contributed by atoms with van der Waals surface area (Å²) in [6.45, 7) is 7.70. The molecule has 1 saturated carbocycles. The fourth-order valence-corrected chi connectivity index (χ4v) is 1.98. The van der Waals surface area contributed by atoms with Crippen LogP contribution in [0.4, 0.5) is 0 Å². The van der Waals surface area contributed by atoms with E-state index in [2.05, 4.69) is 17.1 Å². The number of hydrogen-bond donors (Lipinski definition) is 1. The first-order valence-electron chi connectivity index (χ1n) is 6.77. The molecule has 0 aliphatic heterocycles. The summed E-state index contributed by atoms with van der Waals surface area (Å²) in [6, 6.07) is -0.164. The summed E-state index contributed by atoms with van der Waals surface area (Å²) in [5, 5.41) is 3.03. The van der Waals surface area contributed by atoms with Gasteiger partial charge in [0.15, 0.2) is 0 Å². The molecule has 1 aliphatic rings. The minimum Gasteiger partial charge on any atom is -0.465 e. The number of carbonyl (C=O) groups is 1. The minimum absolute atomic E-state index is 0.127. The van der Waals surface area contributed by atoms with Crippen LogP contribution in [0, 0.1) is 5.92 Å². The van der Waals surface area contributed by atoms with Gasteiger partial charge in [0.25, 0.3) is 0 Å². The lowest BCUT2D eigenvalue weighted by Gasteiger charge is -2.22. The second-order valence-corrected chi connectivity index (χ2v) is 4.72. The van der Waals surface area contributed by atoms with Gasteiger partial charge in [0.2, 0.25) is 0 Å². The number of likely N-dealkylation sites (N-methyl/N-ethyl adjacent to an activating group) is 1. The summed E-state index contributed by atoms with van der Waals surface area (Å²) in [5.41, 5.74) is 0. The Kier molecular flexibility index (Phi) is 6.52. The molecule has 0 heterocycles. The van der Waals surface area contributed by atoms with Crippen molar-refractivity contribution in [3.63, 3.8) is 0 Å². The van der Waals surface area contributed by atoms with E-state index in [1.54, 1.807) is 0 Å². The molecule has 1 N–H and O–H groups in total. The van der Waals surface area contributed by atoms with Crippen LogP contribution in [-0.4, -0.2) is 50.2 Å². The number of rotatable bonds is 9. The Hall–Kier alpha value is -0.610. The molecule has 0 spiro atoms.